The lowest BCUT2D eigenvalue weighted by molar-refractivity contribution is 0.292. The molecule has 0 atom stereocenters. The maximum atomic E-state index is 5.22. The van der Waals surface area contributed by atoms with Gasteiger partial charge in [-0.25, -0.2) is 0 Å². The quantitative estimate of drug-likeness (QED) is 0.508. The molecule has 0 aliphatic rings. The van der Waals surface area contributed by atoms with E-state index in [2.05, 4.69) is 31.2 Å². The fourth-order valence-electron chi connectivity index (χ4n) is 1.97. The second-order valence-corrected chi connectivity index (χ2v) is 4.36. The van der Waals surface area contributed by atoms with Crippen molar-refractivity contribution in [2.24, 2.45) is 0 Å². The van der Waals surface area contributed by atoms with Crippen LogP contribution in [0.3, 0.4) is 0 Å². The molecule has 1 aromatic carbocycles. The predicted octanol–water partition coefficient (Wildman–Crippen LogP) is 2.80. The van der Waals surface area contributed by atoms with E-state index in [9.17, 15) is 0 Å². The number of unbranched alkanes of at least 4 members (excludes halogenated alkanes) is 3. The molecule has 1 aromatic rings. The Bertz CT molecular complexity index is 294. The molecular weight excluding hydrogens is 211 g/mol. The van der Waals surface area contributed by atoms with Crippen molar-refractivity contribution < 1.29 is 9.31 Å². The molecule has 17 heavy (non-hydrogen) atoms. The SMILES string of the molecule is CCCCCCc1ccc(B(OC)OC)cc1. The van der Waals surface area contributed by atoms with Gasteiger partial charge in [-0.3, -0.25) is 0 Å². The Morgan fingerprint density at radius 1 is 0.941 bits per heavy atom. The van der Waals surface area contributed by atoms with Crippen LogP contribution in [0.1, 0.15) is 38.2 Å². The summed E-state index contributed by atoms with van der Waals surface area (Å²) in [6, 6.07) is 8.53. The van der Waals surface area contributed by atoms with Gasteiger partial charge in [0.1, 0.15) is 0 Å². The Kier molecular flexibility index (Phi) is 6.98. The molecule has 0 radical (unpaired) electrons. The van der Waals surface area contributed by atoms with Crippen molar-refractivity contribution >= 4 is 12.6 Å². The highest BCUT2D eigenvalue weighted by atomic mass is 16.6. The molecule has 0 bridgehead atoms. The van der Waals surface area contributed by atoms with Gasteiger partial charge in [-0.05, 0) is 23.9 Å². The molecule has 0 unspecified atom stereocenters. The monoisotopic (exact) mass is 234 g/mol. The number of hydrogen-bond donors (Lipinski definition) is 0. The molecule has 0 spiro atoms. The van der Waals surface area contributed by atoms with E-state index in [1.165, 1.54) is 37.7 Å². The Morgan fingerprint density at radius 3 is 2.12 bits per heavy atom. The van der Waals surface area contributed by atoms with Gasteiger partial charge in [-0.2, -0.15) is 0 Å². The topological polar surface area (TPSA) is 18.5 Å². The summed E-state index contributed by atoms with van der Waals surface area (Å²) in [6.45, 7) is 2.24. The minimum atomic E-state index is -0.246. The van der Waals surface area contributed by atoms with Crippen LogP contribution >= 0.6 is 0 Å². The molecule has 0 amide bonds. The maximum absolute atomic E-state index is 5.22. The van der Waals surface area contributed by atoms with Crippen molar-refractivity contribution in [3.63, 3.8) is 0 Å². The van der Waals surface area contributed by atoms with Gasteiger partial charge in [0.2, 0.25) is 0 Å². The zero-order valence-electron chi connectivity index (χ0n) is 11.2. The first kappa shape index (κ1) is 14.3. The molecule has 0 aliphatic heterocycles. The summed E-state index contributed by atoms with van der Waals surface area (Å²) in [5.74, 6) is 0. The first-order valence-electron chi connectivity index (χ1n) is 6.46. The zero-order valence-corrected chi connectivity index (χ0v) is 11.2. The summed E-state index contributed by atoms with van der Waals surface area (Å²) in [5.41, 5.74) is 2.48. The normalized spacial score (nSPS) is 10.5. The van der Waals surface area contributed by atoms with Gasteiger partial charge in [0.15, 0.2) is 0 Å². The van der Waals surface area contributed by atoms with E-state index in [4.69, 9.17) is 9.31 Å². The van der Waals surface area contributed by atoms with Gasteiger partial charge in [-0.15, -0.1) is 0 Å². The fourth-order valence-corrected chi connectivity index (χ4v) is 1.97. The van der Waals surface area contributed by atoms with Gasteiger partial charge in [-0.1, -0.05) is 50.5 Å². The third-order valence-electron chi connectivity index (χ3n) is 3.00. The van der Waals surface area contributed by atoms with Crippen molar-refractivity contribution in [1.29, 1.82) is 0 Å². The predicted molar refractivity (Wildman–Crippen MR) is 73.7 cm³/mol. The third-order valence-corrected chi connectivity index (χ3v) is 3.00. The minimum Gasteiger partial charge on any atom is -0.410 e. The highest BCUT2D eigenvalue weighted by Crippen LogP contribution is 2.07. The van der Waals surface area contributed by atoms with Gasteiger partial charge < -0.3 is 9.31 Å². The molecule has 0 aromatic heterocycles. The smallest absolute Gasteiger partial charge is 0.410 e. The fraction of sp³-hybridized carbons (Fsp3) is 0.571. The summed E-state index contributed by atoms with van der Waals surface area (Å²) >= 11 is 0. The van der Waals surface area contributed by atoms with Crippen molar-refractivity contribution in [2.45, 2.75) is 39.0 Å². The first-order chi connectivity index (χ1) is 8.31. The van der Waals surface area contributed by atoms with Crippen molar-refractivity contribution in [3.05, 3.63) is 29.8 Å². The lowest BCUT2D eigenvalue weighted by Gasteiger charge is -2.09. The molecule has 0 N–H and O–H groups in total. The first-order valence-corrected chi connectivity index (χ1v) is 6.46. The second kappa shape index (κ2) is 8.32. The average molecular weight is 234 g/mol. The maximum Gasteiger partial charge on any atom is 0.493 e. The van der Waals surface area contributed by atoms with E-state index in [1.54, 1.807) is 14.2 Å². The van der Waals surface area contributed by atoms with Gasteiger partial charge >= 0.3 is 7.12 Å². The zero-order chi connectivity index (χ0) is 12.5. The van der Waals surface area contributed by atoms with E-state index < -0.39 is 0 Å². The minimum absolute atomic E-state index is 0.246. The van der Waals surface area contributed by atoms with Crippen LogP contribution in [0.15, 0.2) is 24.3 Å². The molecule has 3 heteroatoms. The number of hydrogen-bond acceptors (Lipinski definition) is 2. The molecule has 94 valence electrons. The largest absolute Gasteiger partial charge is 0.493 e. The van der Waals surface area contributed by atoms with Crippen LogP contribution in [-0.4, -0.2) is 21.3 Å². The summed E-state index contributed by atoms with van der Waals surface area (Å²) in [5, 5.41) is 0. The van der Waals surface area contributed by atoms with Gasteiger partial charge in [0, 0.05) is 14.2 Å². The van der Waals surface area contributed by atoms with Crippen molar-refractivity contribution in [3.8, 4) is 0 Å². The molecule has 1 rings (SSSR count). The Balaban J connectivity index is 2.44. The lowest BCUT2D eigenvalue weighted by atomic mass is 9.78. The van der Waals surface area contributed by atoms with E-state index >= 15 is 0 Å². The molecule has 0 aliphatic carbocycles. The summed E-state index contributed by atoms with van der Waals surface area (Å²) in [7, 11) is 3.07. The molecule has 0 saturated carbocycles. The molecule has 0 heterocycles. The Labute approximate surface area is 105 Å². The highest BCUT2D eigenvalue weighted by molar-refractivity contribution is 6.61. The van der Waals surface area contributed by atoms with Gasteiger partial charge in [0.05, 0.1) is 0 Å². The summed E-state index contributed by atoms with van der Waals surface area (Å²) in [4.78, 5) is 0. The number of benzene rings is 1. The van der Waals surface area contributed by atoms with Crippen LogP contribution in [0.2, 0.25) is 0 Å². The van der Waals surface area contributed by atoms with Crippen LogP contribution in [0.4, 0.5) is 0 Å². The van der Waals surface area contributed by atoms with E-state index in [-0.39, 0.29) is 7.12 Å². The Morgan fingerprint density at radius 2 is 1.59 bits per heavy atom. The van der Waals surface area contributed by atoms with E-state index in [1.807, 2.05) is 0 Å². The molecule has 0 fully saturated rings. The second-order valence-electron chi connectivity index (χ2n) is 4.36. The molecule has 0 saturated heterocycles. The number of rotatable bonds is 8. The standard InChI is InChI=1S/C14H23BO2/c1-4-5-6-7-8-13-9-11-14(12-10-13)15(16-2)17-3/h9-12H,4-8H2,1-3H3. The third kappa shape index (κ3) is 4.92. The summed E-state index contributed by atoms with van der Waals surface area (Å²) < 4.78 is 10.4. The molecular formula is C14H23BO2. The van der Waals surface area contributed by atoms with Gasteiger partial charge in [0.25, 0.3) is 0 Å². The molecule has 2 nitrogen and oxygen atoms in total. The lowest BCUT2D eigenvalue weighted by Crippen LogP contribution is -2.34. The van der Waals surface area contributed by atoms with Crippen molar-refractivity contribution in [1.82, 2.24) is 0 Å². The van der Waals surface area contributed by atoms with Crippen LogP contribution in [0.5, 0.6) is 0 Å². The average Bonchev–Trinajstić information content (AvgIpc) is 2.38. The Hall–Kier alpha value is -0.795. The van der Waals surface area contributed by atoms with Crippen LogP contribution in [-0.2, 0) is 15.7 Å². The van der Waals surface area contributed by atoms with Crippen LogP contribution in [0, 0.1) is 0 Å². The van der Waals surface area contributed by atoms with Crippen molar-refractivity contribution in [2.75, 3.05) is 14.2 Å². The highest BCUT2D eigenvalue weighted by Gasteiger charge is 2.16. The van der Waals surface area contributed by atoms with E-state index in [0.717, 1.165) is 5.46 Å². The summed E-state index contributed by atoms with van der Waals surface area (Å²) in [6.07, 6.45) is 6.42. The van der Waals surface area contributed by atoms with Crippen LogP contribution in [0.25, 0.3) is 0 Å². The van der Waals surface area contributed by atoms with Crippen LogP contribution < -0.4 is 5.46 Å². The van der Waals surface area contributed by atoms with E-state index in [0.29, 0.717) is 0 Å². The number of aryl methyl sites for hydroxylation is 1.